The molecule has 0 fully saturated rings. The summed E-state index contributed by atoms with van der Waals surface area (Å²) in [5, 5.41) is 1.46. The maximum absolute atomic E-state index is 4.16. The molecule has 10 heavy (non-hydrogen) atoms. The van der Waals surface area contributed by atoms with Crippen LogP contribution in [0.1, 0.15) is 20.8 Å². The Morgan fingerprint density at radius 2 is 1.40 bits per heavy atom. The molecule has 0 saturated heterocycles. The zero-order chi connectivity index (χ0) is 8.58. The van der Waals surface area contributed by atoms with E-state index in [2.05, 4.69) is 47.0 Å². The first-order valence-electron chi connectivity index (χ1n) is 3.85. The Morgan fingerprint density at radius 1 is 1.10 bits per heavy atom. The molecule has 0 spiro atoms. The number of allylic oxidation sites excluding steroid dienone is 1. The summed E-state index contributed by atoms with van der Waals surface area (Å²) >= 11 is 0. The molecule has 0 aliphatic rings. The van der Waals surface area contributed by atoms with E-state index in [9.17, 15) is 0 Å². The van der Waals surface area contributed by atoms with Crippen LogP contribution in [0.3, 0.4) is 0 Å². The summed E-state index contributed by atoms with van der Waals surface area (Å²) in [6.45, 7) is 17.9. The summed E-state index contributed by atoms with van der Waals surface area (Å²) in [6, 6.07) is 0. The highest BCUT2D eigenvalue weighted by molar-refractivity contribution is 6.83. The maximum atomic E-state index is 4.16. The molecule has 0 bridgehead atoms. The monoisotopic (exact) mass is 156 g/mol. The predicted molar refractivity (Wildman–Crippen MR) is 51.9 cm³/mol. The summed E-state index contributed by atoms with van der Waals surface area (Å²) in [4.78, 5) is 0. The van der Waals surface area contributed by atoms with Crippen LogP contribution in [-0.2, 0) is 0 Å². The fourth-order valence-electron chi connectivity index (χ4n) is 1.12. The number of hydrogen-bond acceptors (Lipinski definition) is 0. The molecule has 60 valence electrons. The summed E-state index contributed by atoms with van der Waals surface area (Å²) < 4.78 is 0. The van der Waals surface area contributed by atoms with Gasteiger partial charge in [-0.1, -0.05) is 45.6 Å². The largest absolute Gasteiger partial charge is 0.103 e. The molecule has 0 nitrogen and oxygen atoms in total. The van der Waals surface area contributed by atoms with Gasteiger partial charge in [0.15, 0.2) is 0 Å². The van der Waals surface area contributed by atoms with E-state index in [4.69, 9.17) is 0 Å². The molecule has 0 N–H and O–H groups in total. The average Bonchev–Trinajstić information content (AvgIpc) is 1.59. The van der Waals surface area contributed by atoms with Crippen LogP contribution in [0.2, 0.25) is 19.6 Å². The van der Waals surface area contributed by atoms with Crippen molar-refractivity contribution in [1.82, 2.24) is 0 Å². The second-order valence-electron chi connectivity index (χ2n) is 4.98. The molecule has 0 atom stereocenters. The second kappa shape index (κ2) is 2.53. The van der Waals surface area contributed by atoms with Crippen LogP contribution in [0, 0.1) is 5.41 Å². The molecule has 0 amide bonds. The highest BCUT2D eigenvalue weighted by Crippen LogP contribution is 2.30. The van der Waals surface area contributed by atoms with Gasteiger partial charge in [-0.05, 0) is 5.41 Å². The van der Waals surface area contributed by atoms with Crippen molar-refractivity contribution in [1.29, 1.82) is 0 Å². The lowest BCUT2D eigenvalue weighted by atomic mass is 9.97. The van der Waals surface area contributed by atoms with Crippen molar-refractivity contribution in [2.75, 3.05) is 0 Å². The minimum Gasteiger partial charge on any atom is -0.103 e. The van der Waals surface area contributed by atoms with E-state index in [0.717, 1.165) is 0 Å². The van der Waals surface area contributed by atoms with Crippen molar-refractivity contribution >= 4 is 8.07 Å². The van der Waals surface area contributed by atoms with E-state index < -0.39 is 8.07 Å². The lowest BCUT2D eigenvalue weighted by molar-refractivity contribution is 0.527. The van der Waals surface area contributed by atoms with Crippen molar-refractivity contribution in [2.45, 2.75) is 40.4 Å². The first-order valence-corrected chi connectivity index (χ1v) is 7.35. The van der Waals surface area contributed by atoms with Gasteiger partial charge >= 0.3 is 0 Å². The van der Waals surface area contributed by atoms with Crippen LogP contribution in [-0.4, -0.2) is 8.07 Å². The van der Waals surface area contributed by atoms with Gasteiger partial charge in [-0.25, -0.2) is 0 Å². The van der Waals surface area contributed by atoms with E-state index >= 15 is 0 Å². The first kappa shape index (κ1) is 9.96. The van der Waals surface area contributed by atoms with Crippen molar-refractivity contribution in [2.24, 2.45) is 5.41 Å². The SMILES string of the molecule is C=C(C(C)(C)C)[Si](C)(C)C. The number of rotatable bonds is 1. The zero-order valence-corrected chi connectivity index (χ0v) is 9.21. The van der Waals surface area contributed by atoms with Crippen molar-refractivity contribution < 1.29 is 0 Å². The summed E-state index contributed by atoms with van der Waals surface area (Å²) in [7, 11) is -1.09. The fraction of sp³-hybridized carbons (Fsp3) is 0.778. The van der Waals surface area contributed by atoms with Gasteiger partial charge in [0.2, 0.25) is 0 Å². The normalized spacial score (nSPS) is 13.4. The Morgan fingerprint density at radius 3 is 1.40 bits per heavy atom. The zero-order valence-electron chi connectivity index (χ0n) is 8.21. The molecule has 0 saturated carbocycles. The maximum Gasteiger partial charge on any atom is 0.0723 e. The quantitative estimate of drug-likeness (QED) is 0.510. The van der Waals surface area contributed by atoms with Crippen LogP contribution < -0.4 is 0 Å². The van der Waals surface area contributed by atoms with Gasteiger partial charge < -0.3 is 0 Å². The van der Waals surface area contributed by atoms with Gasteiger partial charge in [0.05, 0.1) is 8.07 Å². The highest BCUT2D eigenvalue weighted by Gasteiger charge is 2.26. The highest BCUT2D eigenvalue weighted by atomic mass is 28.3. The third-order valence-corrected chi connectivity index (χ3v) is 4.37. The molecule has 0 aromatic heterocycles. The first-order chi connectivity index (χ1) is 4.15. The van der Waals surface area contributed by atoms with E-state index in [1.807, 2.05) is 0 Å². The van der Waals surface area contributed by atoms with Crippen molar-refractivity contribution in [3.8, 4) is 0 Å². The lowest BCUT2D eigenvalue weighted by Crippen LogP contribution is -2.31. The molecule has 0 rings (SSSR count). The fourth-order valence-corrected chi connectivity index (χ4v) is 3.38. The van der Waals surface area contributed by atoms with Crippen LogP contribution in [0.15, 0.2) is 11.8 Å². The smallest absolute Gasteiger partial charge is 0.0723 e. The molecule has 0 aromatic carbocycles. The molecule has 0 aliphatic carbocycles. The third kappa shape index (κ3) is 2.69. The van der Waals surface area contributed by atoms with Crippen LogP contribution in [0.25, 0.3) is 0 Å². The summed E-state index contributed by atoms with van der Waals surface area (Å²) in [5.74, 6) is 0. The lowest BCUT2D eigenvalue weighted by Gasteiger charge is -2.31. The Balaban J connectivity index is 4.40. The minimum absolute atomic E-state index is 0.310. The van der Waals surface area contributed by atoms with E-state index in [0.29, 0.717) is 5.41 Å². The molecule has 0 aliphatic heterocycles. The van der Waals surface area contributed by atoms with Crippen LogP contribution in [0.4, 0.5) is 0 Å². The summed E-state index contributed by atoms with van der Waals surface area (Å²) in [5.41, 5.74) is 0.310. The molecule has 0 aromatic rings. The van der Waals surface area contributed by atoms with Gasteiger partial charge in [0, 0.05) is 0 Å². The molecular weight excluding hydrogens is 136 g/mol. The summed E-state index contributed by atoms with van der Waals surface area (Å²) in [6.07, 6.45) is 0. The Kier molecular flexibility index (Phi) is 2.52. The van der Waals surface area contributed by atoms with Crippen molar-refractivity contribution in [3.63, 3.8) is 0 Å². The van der Waals surface area contributed by atoms with E-state index in [1.165, 1.54) is 5.20 Å². The number of hydrogen-bond donors (Lipinski definition) is 0. The molecule has 0 radical (unpaired) electrons. The topological polar surface area (TPSA) is 0 Å². The Hall–Kier alpha value is -0.0431. The van der Waals surface area contributed by atoms with Crippen LogP contribution >= 0.6 is 0 Å². The molecular formula is C9H20Si. The molecule has 0 heterocycles. The van der Waals surface area contributed by atoms with Gasteiger partial charge in [-0.3, -0.25) is 0 Å². The Labute approximate surface area is 66.4 Å². The molecule has 0 unspecified atom stereocenters. The van der Waals surface area contributed by atoms with Crippen molar-refractivity contribution in [3.05, 3.63) is 11.8 Å². The minimum atomic E-state index is -1.09. The third-order valence-electron chi connectivity index (χ3n) is 1.81. The van der Waals surface area contributed by atoms with Gasteiger partial charge in [0.25, 0.3) is 0 Å². The Bertz CT molecular complexity index is 116. The van der Waals surface area contributed by atoms with Crippen LogP contribution in [0.5, 0.6) is 0 Å². The van der Waals surface area contributed by atoms with E-state index in [1.54, 1.807) is 0 Å². The standard InChI is InChI=1S/C9H20Si/c1-8(9(2,3)4)10(5,6)7/h1H2,2-7H3. The van der Waals surface area contributed by atoms with Gasteiger partial charge in [-0.15, -0.1) is 6.58 Å². The van der Waals surface area contributed by atoms with E-state index in [-0.39, 0.29) is 0 Å². The predicted octanol–water partition coefficient (Wildman–Crippen LogP) is 3.47. The molecule has 1 heteroatoms. The average molecular weight is 156 g/mol. The second-order valence-corrected chi connectivity index (χ2v) is 10.1. The van der Waals surface area contributed by atoms with Gasteiger partial charge in [-0.2, -0.15) is 0 Å². The van der Waals surface area contributed by atoms with Gasteiger partial charge in [0.1, 0.15) is 0 Å².